The minimum atomic E-state index is 0.0164. The zero-order chi connectivity index (χ0) is 17.5. The Hall–Kier alpha value is -2.38. The summed E-state index contributed by atoms with van der Waals surface area (Å²) >= 11 is 3.23. The number of hydrogen-bond donors (Lipinski definition) is 1. The number of thiophene rings is 1. The Bertz CT molecular complexity index is 798. The highest BCUT2D eigenvalue weighted by molar-refractivity contribution is 7.98. The highest BCUT2D eigenvalue weighted by Crippen LogP contribution is 2.19. The summed E-state index contributed by atoms with van der Waals surface area (Å²) in [6.45, 7) is 4.89. The summed E-state index contributed by atoms with van der Waals surface area (Å²) in [4.78, 5) is 19.8. The van der Waals surface area contributed by atoms with Crippen molar-refractivity contribution in [2.24, 2.45) is 0 Å². The molecule has 3 rings (SSSR count). The molecule has 0 aliphatic rings. The molecule has 0 spiro atoms. The monoisotopic (exact) mass is 370 g/mol. The molecule has 1 aromatic carbocycles. The molecule has 128 valence electrons. The van der Waals surface area contributed by atoms with Gasteiger partial charge in [-0.1, -0.05) is 36.0 Å². The van der Waals surface area contributed by atoms with E-state index in [2.05, 4.69) is 21.8 Å². The summed E-state index contributed by atoms with van der Waals surface area (Å²) in [5, 5.41) is 9.45. The lowest BCUT2D eigenvalue weighted by Gasteiger charge is -2.20. The molecule has 2 heterocycles. The quantitative estimate of drug-likeness (QED) is 0.481. The second-order valence-corrected chi connectivity index (χ2v) is 7.33. The maximum absolute atomic E-state index is 12.8. The first-order valence-electron chi connectivity index (χ1n) is 7.76. The molecule has 0 unspecified atom stereocenters. The molecule has 1 N–H and O–H groups in total. The molecule has 0 saturated carbocycles. The molecule has 0 aliphatic carbocycles. The summed E-state index contributed by atoms with van der Waals surface area (Å²) in [6.07, 6.45) is 3.25. The van der Waals surface area contributed by atoms with Crippen molar-refractivity contribution < 1.29 is 4.79 Å². The predicted molar refractivity (Wildman–Crippen MR) is 102 cm³/mol. The lowest BCUT2D eigenvalue weighted by Crippen LogP contribution is -2.30. The van der Waals surface area contributed by atoms with Gasteiger partial charge in [0.15, 0.2) is 5.16 Å². The second-order valence-electron chi connectivity index (χ2n) is 5.33. The largest absolute Gasteiger partial charge is 0.330 e. The summed E-state index contributed by atoms with van der Waals surface area (Å²) in [5.74, 6) is 0.789. The van der Waals surface area contributed by atoms with Gasteiger partial charge >= 0.3 is 0 Å². The summed E-state index contributed by atoms with van der Waals surface area (Å²) in [6, 6.07) is 11.8. The van der Waals surface area contributed by atoms with E-state index in [9.17, 15) is 4.79 Å². The van der Waals surface area contributed by atoms with Crippen LogP contribution in [0.25, 0.3) is 0 Å². The Kier molecular flexibility index (Phi) is 6.03. The van der Waals surface area contributed by atoms with Crippen LogP contribution in [0.3, 0.4) is 0 Å². The van der Waals surface area contributed by atoms with Gasteiger partial charge < -0.3 is 4.90 Å². The Morgan fingerprint density at radius 1 is 1.32 bits per heavy atom. The standard InChI is InChI=1S/C18H18N4OS2/c1-2-9-22(11-16-4-3-10-24-16)17(23)15-7-5-14(6-8-15)12-25-18-19-13-20-21-18/h2-8,10,13H,1,9,11-12H2,(H,19,20,21). The van der Waals surface area contributed by atoms with E-state index >= 15 is 0 Å². The van der Waals surface area contributed by atoms with Crippen LogP contribution in [0.1, 0.15) is 20.8 Å². The number of aromatic amines is 1. The Balaban J connectivity index is 1.64. The van der Waals surface area contributed by atoms with Crippen molar-refractivity contribution in [3.63, 3.8) is 0 Å². The molecular formula is C18H18N4OS2. The van der Waals surface area contributed by atoms with E-state index in [1.54, 1.807) is 34.1 Å². The van der Waals surface area contributed by atoms with Crippen LogP contribution in [0.2, 0.25) is 0 Å². The van der Waals surface area contributed by atoms with Gasteiger partial charge in [-0.05, 0) is 29.1 Å². The molecule has 1 amide bonds. The summed E-state index contributed by atoms with van der Waals surface area (Å²) in [7, 11) is 0. The van der Waals surface area contributed by atoms with Gasteiger partial charge in [0.2, 0.25) is 0 Å². The molecule has 0 saturated heterocycles. The van der Waals surface area contributed by atoms with Crippen molar-refractivity contribution in [3.8, 4) is 0 Å². The second kappa shape index (κ2) is 8.64. The van der Waals surface area contributed by atoms with Crippen molar-refractivity contribution in [2.75, 3.05) is 6.54 Å². The minimum Gasteiger partial charge on any atom is -0.330 e. The number of benzene rings is 1. The lowest BCUT2D eigenvalue weighted by atomic mass is 10.1. The maximum atomic E-state index is 12.8. The number of thioether (sulfide) groups is 1. The molecule has 0 aliphatic heterocycles. The van der Waals surface area contributed by atoms with Crippen LogP contribution in [0, 0.1) is 0 Å². The maximum Gasteiger partial charge on any atom is 0.254 e. The van der Waals surface area contributed by atoms with E-state index in [1.807, 2.05) is 41.8 Å². The van der Waals surface area contributed by atoms with E-state index in [4.69, 9.17) is 0 Å². The average molecular weight is 371 g/mol. The zero-order valence-electron chi connectivity index (χ0n) is 13.6. The van der Waals surface area contributed by atoms with E-state index < -0.39 is 0 Å². The molecule has 0 fully saturated rings. The average Bonchev–Trinajstić information content (AvgIpc) is 3.33. The zero-order valence-corrected chi connectivity index (χ0v) is 15.2. The number of hydrogen-bond acceptors (Lipinski definition) is 5. The van der Waals surface area contributed by atoms with Gasteiger partial charge in [-0.25, -0.2) is 4.98 Å². The first-order valence-corrected chi connectivity index (χ1v) is 9.62. The predicted octanol–water partition coefficient (Wildman–Crippen LogP) is 3.99. The topological polar surface area (TPSA) is 61.9 Å². The van der Waals surface area contributed by atoms with Crippen molar-refractivity contribution in [1.82, 2.24) is 20.1 Å². The third-order valence-electron chi connectivity index (χ3n) is 3.53. The molecule has 7 heteroatoms. The summed E-state index contributed by atoms with van der Waals surface area (Å²) < 4.78 is 0. The van der Waals surface area contributed by atoms with Crippen LogP contribution in [0.5, 0.6) is 0 Å². The molecular weight excluding hydrogens is 352 g/mol. The van der Waals surface area contributed by atoms with Crippen LogP contribution in [-0.4, -0.2) is 32.5 Å². The van der Waals surface area contributed by atoms with Gasteiger partial charge in [0.1, 0.15) is 6.33 Å². The smallest absolute Gasteiger partial charge is 0.254 e. The third-order valence-corrected chi connectivity index (χ3v) is 5.34. The fourth-order valence-electron chi connectivity index (χ4n) is 2.31. The van der Waals surface area contributed by atoms with Crippen molar-refractivity contribution in [3.05, 3.63) is 76.8 Å². The number of H-pyrrole nitrogens is 1. The van der Waals surface area contributed by atoms with Gasteiger partial charge in [0.05, 0.1) is 6.54 Å². The number of carbonyl (C=O) groups is 1. The number of nitrogens with zero attached hydrogens (tertiary/aromatic N) is 3. The number of carbonyl (C=O) groups excluding carboxylic acids is 1. The SMILES string of the molecule is C=CCN(Cc1cccs1)C(=O)c1ccc(CSc2ncn[nH]2)cc1. The first-order chi connectivity index (χ1) is 12.3. The van der Waals surface area contributed by atoms with Crippen LogP contribution in [0.4, 0.5) is 0 Å². The van der Waals surface area contributed by atoms with Crippen molar-refractivity contribution in [1.29, 1.82) is 0 Å². The third kappa shape index (κ3) is 4.80. The molecule has 5 nitrogen and oxygen atoms in total. The molecule has 0 radical (unpaired) electrons. The van der Waals surface area contributed by atoms with Crippen molar-refractivity contribution in [2.45, 2.75) is 17.5 Å². The van der Waals surface area contributed by atoms with E-state index in [1.165, 1.54) is 6.33 Å². The van der Waals surface area contributed by atoms with Crippen LogP contribution >= 0.6 is 23.1 Å². The van der Waals surface area contributed by atoms with E-state index in [-0.39, 0.29) is 5.91 Å². The molecule has 25 heavy (non-hydrogen) atoms. The highest BCUT2D eigenvalue weighted by Gasteiger charge is 2.15. The van der Waals surface area contributed by atoms with E-state index in [0.29, 0.717) is 18.7 Å². The summed E-state index contributed by atoms with van der Waals surface area (Å²) in [5.41, 5.74) is 1.82. The van der Waals surface area contributed by atoms with Gasteiger partial charge in [-0.3, -0.25) is 9.89 Å². The molecule has 2 aromatic heterocycles. The normalized spacial score (nSPS) is 10.6. The van der Waals surface area contributed by atoms with E-state index in [0.717, 1.165) is 21.3 Å². The van der Waals surface area contributed by atoms with Crippen LogP contribution in [-0.2, 0) is 12.3 Å². The Labute approximate surface area is 154 Å². The van der Waals surface area contributed by atoms with Crippen LogP contribution in [0.15, 0.2) is 65.9 Å². The fourth-order valence-corrected chi connectivity index (χ4v) is 3.76. The lowest BCUT2D eigenvalue weighted by molar-refractivity contribution is 0.0764. The molecule has 0 bridgehead atoms. The number of rotatable bonds is 8. The minimum absolute atomic E-state index is 0.0164. The Morgan fingerprint density at radius 3 is 2.80 bits per heavy atom. The molecule has 0 atom stereocenters. The highest BCUT2D eigenvalue weighted by atomic mass is 32.2. The first kappa shape index (κ1) is 17.4. The fraction of sp³-hybridized carbons (Fsp3) is 0.167. The number of amides is 1. The van der Waals surface area contributed by atoms with Gasteiger partial charge in [-0.2, -0.15) is 5.10 Å². The van der Waals surface area contributed by atoms with Gasteiger partial charge in [-0.15, -0.1) is 17.9 Å². The van der Waals surface area contributed by atoms with Crippen LogP contribution < -0.4 is 0 Å². The Morgan fingerprint density at radius 2 is 2.16 bits per heavy atom. The number of aromatic nitrogens is 3. The van der Waals surface area contributed by atoms with Crippen molar-refractivity contribution >= 4 is 29.0 Å². The van der Waals surface area contributed by atoms with Gasteiger partial charge in [0, 0.05) is 22.7 Å². The molecule has 3 aromatic rings. The number of nitrogens with one attached hydrogen (secondary N) is 1. The van der Waals surface area contributed by atoms with Gasteiger partial charge in [0.25, 0.3) is 5.91 Å².